The summed E-state index contributed by atoms with van der Waals surface area (Å²) >= 11 is 3.15. The van der Waals surface area contributed by atoms with Gasteiger partial charge in [-0.05, 0) is 27.9 Å². The number of aromatic nitrogens is 1. The van der Waals surface area contributed by atoms with E-state index in [1.165, 1.54) is 18.5 Å². The van der Waals surface area contributed by atoms with E-state index in [-0.39, 0.29) is 17.4 Å². The van der Waals surface area contributed by atoms with Gasteiger partial charge in [0, 0.05) is 23.4 Å². The largest absolute Gasteiger partial charge is 0.391 e. The number of halogens is 1. The van der Waals surface area contributed by atoms with Crippen molar-refractivity contribution in [3.05, 3.63) is 22.9 Å². The molecule has 0 saturated heterocycles. The van der Waals surface area contributed by atoms with Gasteiger partial charge in [0.05, 0.1) is 6.10 Å². The average Bonchev–Trinajstić information content (AvgIpc) is 2.26. The molecule has 0 saturated carbocycles. The number of sulfonamides is 1. The monoisotopic (exact) mass is 322 g/mol. The van der Waals surface area contributed by atoms with E-state index in [2.05, 4.69) is 25.6 Å². The molecule has 1 atom stereocenters. The second-order valence-corrected chi connectivity index (χ2v) is 6.68. The summed E-state index contributed by atoms with van der Waals surface area (Å²) in [5, 5.41) is 9.54. The van der Waals surface area contributed by atoms with Crippen LogP contribution in [-0.2, 0) is 10.0 Å². The zero-order valence-electron chi connectivity index (χ0n) is 9.59. The molecule has 0 aliphatic carbocycles. The summed E-state index contributed by atoms with van der Waals surface area (Å²) in [6.07, 6.45) is 2.06. The van der Waals surface area contributed by atoms with Crippen LogP contribution in [0.2, 0.25) is 0 Å². The number of aliphatic hydroxyl groups excluding tert-OH is 1. The zero-order chi connectivity index (χ0) is 13.1. The Kier molecular flexibility index (Phi) is 5.05. The predicted molar refractivity (Wildman–Crippen MR) is 68.0 cm³/mol. The molecule has 1 unspecified atom stereocenters. The van der Waals surface area contributed by atoms with Gasteiger partial charge in [-0.25, -0.2) is 13.1 Å². The van der Waals surface area contributed by atoms with Crippen LogP contribution >= 0.6 is 15.9 Å². The number of hydrogen-bond donors (Lipinski definition) is 2. The fourth-order valence-electron chi connectivity index (χ4n) is 1.05. The number of rotatable bonds is 5. The molecule has 0 spiro atoms. The number of pyridine rings is 1. The topological polar surface area (TPSA) is 79.3 Å². The molecule has 2 N–H and O–H groups in total. The molecule has 0 radical (unpaired) electrons. The van der Waals surface area contributed by atoms with E-state index < -0.39 is 16.1 Å². The third-order valence-electron chi connectivity index (χ3n) is 2.24. The normalized spacial score (nSPS) is 13.9. The summed E-state index contributed by atoms with van der Waals surface area (Å²) in [5.41, 5.74) is 0. The Labute approximate surface area is 109 Å². The molecule has 0 aromatic carbocycles. The molecule has 1 heterocycles. The minimum atomic E-state index is -3.61. The summed E-state index contributed by atoms with van der Waals surface area (Å²) < 4.78 is 26.6. The maximum atomic E-state index is 11.8. The van der Waals surface area contributed by atoms with E-state index in [1.807, 2.05) is 13.8 Å². The Morgan fingerprint density at radius 2 is 2.12 bits per heavy atom. The van der Waals surface area contributed by atoms with Crippen molar-refractivity contribution in [2.45, 2.75) is 24.8 Å². The van der Waals surface area contributed by atoms with Crippen molar-refractivity contribution in [1.82, 2.24) is 9.71 Å². The SMILES string of the molecule is CC(C)C(O)CNS(=O)(=O)c1cncc(Br)c1. The van der Waals surface area contributed by atoms with Crippen LogP contribution in [0.15, 0.2) is 27.8 Å². The maximum absolute atomic E-state index is 11.8. The van der Waals surface area contributed by atoms with Gasteiger partial charge in [0.25, 0.3) is 0 Å². The van der Waals surface area contributed by atoms with Crippen LogP contribution < -0.4 is 4.72 Å². The lowest BCUT2D eigenvalue weighted by atomic mass is 10.1. The minimum absolute atomic E-state index is 0.00154. The molecule has 7 heteroatoms. The highest BCUT2D eigenvalue weighted by atomic mass is 79.9. The van der Waals surface area contributed by atoms with Gasteiger partial charge in [-0.3, -0.25) is 4.98 Å². The van der Waals surface area contributed by atoms with Crippen molar-refractivity contribution >= 4 is 26.0 Å². The summed E-state index contributed by atoms with van der Waals surface area (Å²) in [6, 6.07) is 1.46. The van der Waals surface area contributed by atoms with Crippen LogP contribution in [0.3, 0.4) is 0 Å². The minimum Gasteiger partial charge on any atom is -0.391 e. The molecular formula is C10H15BrN2O3S. The first-order chi connectivity index (χ1) is 7.83. The molecular weight excluding hydrogens is 308 g/mol. The number of aliphatic hydroxyl groups is 1. The van der Waals surface area contributed by atoms with Crippen molar-refractivity contribution in [2.24, 2.45) is 5.92 Å². The number of nitrogens with one attached hydrogen (secondary N) is 1. The van der Waals surface area contributed by atoms with Gasteiger partial charge in [0.1, 0.15) is 4.90 Å². The van der Waals surface area contributed by atoms with Gasteiger partial charge in [-0.1, -0.05) is 13.8 Å². The van der Waals surface area contributed by atoms with Crippen molar-refractivity contribution in [3.8, 4) is 0 Å². The standard InChI is InChI=1S/C10H15BrN2O3S/c1-7(2)10(14)6-13-17(15,16)9-3-8(11)4-12-5-9/h3-5,7,10,13-14H,6H2,1-2H3. The molecule has 1 rings (SSSR count). The van der Waals surface area contributed by atoms with Gasteiger partial charge < -0.3 is 5.11 Å². The molecule has 0 amide bonds. The summed E-state index contributed by atoms with van der Waals surface area (Å²) in [6.45, 7) is 3.63. The predicted octanol–water partition coefficient (Wildman–Crippen LogP) is 1.14. The summed E-state index contributed by atoms with van der Waals surface area (Å²) in [7, 11) is -3.61. The van der Waals surface area contributed by atoms with Gasteiger partial charge in [-0.15, -0.1) is 0 Å². The molecule has 17 heavy (non-hydrogen) atoms. The van der Waals surface area contributed by atoms with E-state index in [0.717, 1.165) is 0 Å². The third-order valence-corrected chi connectivity index (χ3v) is 4.07. The molecule has 0 fully saturated rings. The Bertz CT molecular complexity index is 476. The quantitative estimate of drug-likeness (QED) is 0.852. The Morgan fingerprint density at radius 1 is 1.47 bits per heavy atom. The van der Waals surface area contributed by atoms with Crippen molar-refractivity contribution < 1.29 is 13.5 Å². The zero-order valence-corrected chi connectivity index (χ0v) is 12.0. The van der Waals surface area contributed by atoms with Gasteiger partial charge in [-0.2, -0.15) is 0 Å². The Balaban J connectivity index is 2.76. The Hall–Kier alpha value is -0.500. The molecule has 5 nitrogen and oxygen atoms in total. The van der Waals surface area contributed by atoms with Crippen LogP contribution in [0.5, 0.6) is 0 Å². The lowest BCUT2D eigenvalue weighted by Gasteiger charge is -2.15. The van der Waals surface area contributed by atoms with Crippen LogP contribution in [0, 0.1) is 5.92 Å². The second kappa shape index (κ2) is 5.90. The molecule has 1 aromatic rings. The first-order valence-electron chi connectivity index (χ1n) is 5.11. The molecule has 0 aliphatic heterocycles. The highest BCUT2D eigenvalue weighted by Crippen LogP contribution is 2.14. The average molecular weight is 323 g/mol. The van der Waals surface area contributed by atoms with E-state index in [1.54, 1.807) is 0 Å². The summed E-state index contributed by atoms with van der Waals surface area (Å²) in [4.78, 5) is 3.86. The summed E-state index contributed by atoms with van der Waals surface area (Å²) in [5.74, 6) is -0.00154. The van der Waals surface area contributed by atoms with Crippen LogP contribution in [0.4, 0.5) is 0 Å². The van der Waals surface area contributed by atoms with Crippen molar-refractivity contribution in [1.29, 1.82) is 0 Å². The molecule has 0 aliphatic rings. The van der Waals surface area contributed by atoms with Crippen LogP contribution in [0.25, 0.3) is 0 Å². The van der Waals surface area contributed by atoms with Crippen molar-refractivity contribution in [2.75, 3.05) is 6.54 Å². The van der Waals surface area contributed by atoms with Gasteiger partial charge in [0.2, 0.25) is 10.0 Å². The maximum Gasteiger partial charge on any atom is 0.242 e. The number of nitrogens with zero attached hydrogens (tertiary/aromatic N) is 1. The number of hydrogen-bond acceptors (Lipinski definition) is 4. The molecule has 1 aromatic heterocycles. The molecule has 96 valence electrons. The fraction of sp³-hybridized carbons (Fsp3) is 0.500. The third kappa shape index (κ3) is 4.34. The van der Waals surface area contributed by atoms with E-state index >= 15 is 0 Å². The van der Waals surface area contributed by atoms with Crippen molar-refractivity contribution in [3.63, 3.8) is 0 Å². The lowest BCUT2D eigenvalue weighted by Crippen LogP contribution is -2.34. The van der Waals surface area contributed by atoms with E-state index in [0.29, 0.717) is 4.47 Å². The van der Waals surface area contributed by atoms with Gasteiger partial charge >= 0.3 is 0 Å². The first kappa shape index (κ1) is 14.6. The van der Waals surface area contributed by atoms with Crippen LogP contribution in [0.1, 0.15) is 13.8 Å². The second-order valence-electron chi connectivity index (χ2n) is 4.00. The molecule has 0 bridgehead atoms. The first-order valence-corrected chi connectivity index (χ1v) is 7.39. The highest BCUT2D eigenvalue weighted by Gasteiger charge is 2.17. The van der Waals surface area contributed by atoms with E-state index in [9.17, 15) is 13.5 Å². The van der Waals surface area contributed by atoms with E-state index in [4.69, 9.17) is 0 Å². The van der Waals surface area contributed by atoms with Crippen LogP contribution in [-0.4, -0.2) is 31.2 Å². The fourth-order valence-corrected chi connectivity index (χ4v) is 2.61. The van der Waals surface area contributed by atoms with Gasteiger partial charge in [0.15, 0.2) is 0 Å². The smallest absolute Gasteiger partial charge is 0.242 e. The highest BCUT2D eigenvalue weighted by molar-refractivity contribution is 9.10. The lowest BCUT2D eigenvalue weighted by molar-refractivity contribution is 0.129. The Morgan fingerprint density at radius 3 is 2.65 bits per heavy atom.